The summed E-state index contributed by atoms with van der Waals surface area (Å²) in [5.74, 6) is -0.561. The molecule has 2 heterocycles. The molecule has 1 atom stereocenters. The largest absolute Gasteiger partial charge is 0.472 e. The number of piperidine rings is 1. The number of amides is 1. The van der Waals surface area contributed by atoms with Crippen molar-refractivity contribution in [3.63, 3.8) is 0 Å². The van der Waals surface area contributed by atoms with E-state index in [1.165, 1.54) is 24.5 Å². The first kappa shape index (κ1) is 15.7. The van der Waals surface area contributed by atoms with E-state index >= 15 is 0 Å². The molecule has 2 aromatic rings. The summed E-state index contributed by atoms with van der Waals surface area (Å²) in [6.07, 6.45) is 4.38. The first-order valence-corrected chi connectivity index (χ1v) is 7.69. The number of carbonyl (C=O) groups excluding carboxylic acids is 1. The smallest absolute Gasteiger partial charge is 0.258 e. The Morgan fingerprint density at radius 2 is 2.26 bits per heavy atom. The van der Waals surface area contributed by atoms with E-state index in [1.807, 2.05) is 0 Å². The quantitative estimate of drug-likeness (QED) is 0.865. The van der Waals surface area contributed by atoms with Gasteiger partial charge in [0.2, 0.25) is 5.88 Å². The van der Waals surface area contributed by atoms with Crippen molar-refractivity contribution < 1.29 is 13.9 Å². The van der Waals surface area contributed by atoms with Gasteiger partial charge in [-0.25, -0.2) is 14.4 Å². The molecule has 0 saturated carbocycles. The second-order valence-corrected chi connectivity index (χ2v) is 5.68. The van der Waals surface area contributed by atoms with Crippen LogP contribution in [-0.2, 0) is 0 Å². The van der Waals surface area contributed by atoms with Gasteiger partial charge in [0.1, 0.15) is 18.2 Å². The van der Waals surface area contributed by atoms with Crippen LogP contribution in [0.3, 0.4) is 0 Å². The highest BCUT2D eigenvalue weighted by atomic mass is 35.5. The summed E-state index contributed by atoms with van der Waals surface area (Å²) in [6, 6.07) is 5.88. The maximum Gasteiger partial charge on any atom is 0.258 e. The summed E-state index contributed by atoms with van der Waals surface area (Å²) < 4.78 is 19.7. The molecule has 1 aromatic carbocycles. The molecule has 5 nitrogen and oxygen atoms in total. The molecule has 1 aliphatic rings. The van der Waals surface area contributed by atoms with Gasteiger partial charge in [-0.1, -0.05) is 17.7 Å². The summed E-state index contributed by atoms with van der Waals surface area (Å²) in [5, 5.41) is 0.119. The van der Waals surface area contributed by atoms with Gasteiger partial charge in [-0.05, 0) is 25.0 Å². The van der Waals surface area contributed by atoms with Gasteiger partial charge in [-0.3, -0.25) is 4.79 Å². The van der Waals surface area contributed by atoms with E-state index in [0.29, 0.717) is 19.0 Å². The van der Waals surface area contributed by atoms with Gasteiger partial charge in [0.05, 0.1) is 17.1 Å². The standard InChI is InChI=1S/C16H15ClFN3O2/c17-12-4-1-5-13(18)15(12)16(22)21-8-2-3-11(9-21)23-14-6-7-19-10-20-14/h1,4-7,10-11H,2-3,8-9H2/t11-/m0/s1. The number of rotatable bonds is 3. The average Bonchev–Trinajstić information content (AvgIpc) is 2.56. The van der Waals surface area contributed by atoms with Gasteiger partial charge in [-0.2, -0.15) is 0 Å². The molecule has 0 aliphatic carbocycles. The number of halogens is 2. The van der Waals surface area contributed by atoms with Crippen molar-refractivity contribution in [3.05, 3.63) is 53.2 Å². The Bertz CT molecular complexity index is 679. The molecule has 3 rings (SSSR count). The molecular weight excluding hydrogens is 321 g/mol. The van der Waals surface area contributed by atoms with Crippen molar-refractivity contribution in [1.29, 1.82) is 0 Å². The Morgan fingerprint density at radius 3 is 3.00 bits per heavy atom. The number of hydrogen-bond acceptors (Lipinski definition) is 4. The number of ether oxygens (including phenoxy) is 1. The van der Waals surface area contributed by atoms with Crippen molar-refractivity contribution in [2.75, 3.05) is 13.1 Å². The van der Waals surface area contributed by atoms with Crippen LogP contribution in [-0.4, -0.2) is 40.0 Å². The molecule has 1 amide bonds. The summed E-state index contributed by atoms with van der Waals surface area (Å²) >= 11 is 5.97. The van der Waals surface area contributed by atoms with E-state index < -0.39 is 11.7 Å². The highest BCUT2D eigenvalue weighted by Crippen LogP contribution is 2.23. The molecule has 0 unspecified atom stereocenters. The van der Waals surface area contributed by atoms with E-state index in [1.54, 1.807) is 17.2 Å². The average molecular weight is 336 g/mol. The number of likely N-dealkylation sites (tertiary alicyclic amines) is 1. The van der Waals surface area contributed by atoms with Crippen LogP contribution in [0, 0.1) is 5.82 Å². The fraction of sp³-hybridized carbons (Fsp3) is 0.312. The molecular formula is C16H15ClFN3O2. The third kappa shape index (κ3) is 3.59. The van der Waals surface area contributed by atoms with Crippen LogP contribution in [0.2, 0.25) is 5.02 Å². The van der Waals surface area contributed by atoms with Crippen LogP contribution in [0.1, 0.15) is 23.2 Å². The van der Waals surface area contributed by atoms with Crippen molar-refractivity contribution in [2.24, 2.45) is 0 Å². The summed E-state index contributed by atoms with van der Waals surface area (Å²) in [6.45, 7) is 0.917. The zero-order chi connectivity index (χ0) is 16.2. The van der Waals surface area contributed by atoms with E-state index in [2.05, 4.69) is 9.97 Å². The molecule has 23 heavy (non-hydrogen) atoms. The Kier molecular flexibility index (Phi) is 4.71. The lowest BCUT2D eigenvalue weighted by Gasteiger charge is -2.32. The zero-order valence-electron chi connectivity index (χ0n) is 12.3. The third-order valence-corrected chi connectivity index (χ3v) is 4.00. The Hall–Kier alpha value is -2.21. The van der Waals surface area contributed by atoms with Crippen LogP contribution in [0.4, 0.5) is 4.39 Å². The monoisotopic (exact) mass is 335 g/mol. The van der Waals surface area contributed by atoms with Crippen LogP contribution < -0.4 is 4.74 Å². The van der Waals surface area contributed by atoms with Crippen LogP contribution in [0.5, 0.6) is 5.88 Å². The van der Waals surface area contributed by atoms with Crippen LogP contribution in [0.25, 0.3) is 0 Å². The highest BCUT2D eigenvalue weighted by Gasteiger charge is 2.28. The summed E-state index contributed by atoms with van der Waals surface area (Å²) in [4.78, 5) is 22.0. The number of nitrogens with zero attached hydrogens (tertiary/aromatic N) is 3. The normalized spacial score (nSPS) is 17.8. The SMILES string of the molecule is O=C(c1c(F)cccc1Cl)N1CCC[C@H](Oc2ccncn2)C1. The topological polar surface area (TPSA) is 55.3 Å². The predicted molar refractivity (Wildman–Crippen MR) is 83.0 cm³/mol. The van der Waals surface area contributed by atoms with Crippen molar-refractivity contribution in [1.82, 2.24) is 14.9 Å². The second-order valence-electron chi connectivity index (χ2n) is 5.28. The first-order chi connectivity index (χ1) is 11.1. The second kappa shape index (κ2) is 6.91. The molecule has 0 spiro atoms. The Balaban J connectivity index is 1.72. The van der Waals surface area contributed by atoms with E-state index in [-0.39, 0.29) is 16.7 Å². The molecule has 120 valence electrons. The summed E-state index contributed by atoms with van der Waals surface area (Å²) in [5.41, 5.74) is -0.0862. The van der Waals surface area contributed by atoms with E-state index in [9.17, 15) is 9.18 Å². The lowest BCUT2D eigenvalue weighted by atomic mass is 10.1. The number of aromatic nitrogens is 2. The fourth-order valence-corrected chi connectivity index (χ4v) is 2.84. The maximum absolute atomic E-state index is 13.9. The lowest BCUT2D eigenvalue weighted by Crippen LogP contribution is -2.44. The first-order valence-electron chi connectivity index (χ1n) is 7.31. The Morgan fingerprint density at radius 1 is 1.39 bits per heavy atom. The Labute approximate surface area is 138 Å². The maximum atomic E-state index is 13.9. The van der Waals surface area contributed by atoms with Crippen molar-refractivity contribution >= 4 is 17.5 Å². The molecule has 0 N–H and O–H groups in total. The lowest BCUT2D eigenvalue weighted by molar-refractivity contribution is 0.0523. The van der Waals surface area contributed by atoms with E-state index in [0.717, 1.165) is 12.8 Å². The van der Waals surface area contributed by atoms with Crippen molar-refractivity contribution in [2.45, 2.75) is 18.9 Å². The number of carbonyl (C=O) groups is 1. The van der Waals surface area contributed by atoms with Gasteiger partial charge in [0, 0.05) is 18.8 Å². The molecule has 1 aromatic heterocycles. The zero-order valence-corrected chi connectivity index (χ0v) is 13.0. The van der Waals surface area contributed by atoms with Crippen LogP contribution >= 0.6 is 11.6 Å². The number of hydrogen-bond donors (Lipinski definition) is 0. The summed E-state index contributed by atoms with van der Waals surface area (Å²) in [7, 11) is 0. The van der Waals surface area contributed by atoms with Gasteiger partial charge < -0.3 is 9.64 Å². The van der Waals surface area contributed by atoms with E-state index in [4.69, 9.17) is 16.3 Å². The predicted octanol–water partition coefficient (Wildman–Crippen LogP) is 2.95. The van der Waals surface area contributed by atoms with Gasteiger partial charge in [0.15, 0.2) is 0 Å². The van der Waals surface area contributed by atoms with Gasteiger partial charge in [0.25, 0.3) is 5.91 Å². The number of benzene rings is 1. The van der Waals surface area contributed by atoms with Crippen LogP contribution in [0.15, 0.2) is 36.8 Å². The van der Waals surface area contributed by atoms with Gasteiger partial charge >= 0.3 is 0 Å². The van der Waals surface area contributed by atoms with Crippen molar-refractivity contribution in [3.8, 4) is 5.88 Å². The minimum atomic E-state index is -0.610. The molecule has 1 saturated heterocycles. The molecule has 7 heteroatoms. The van der Waals surface area contributed by atoms with Gasteiger partial charge in [-0.15, -0.1) is 0 Å². The molecule has 0 radical (unpaired) electrons. The molecule has 1 aliphatic heterocycles. The third-order valence-electron chi connectivity index (χ3n) is 3.68. The molecule has 1 fully saturated rings. The highest BCUT2D eigenvalue weighted by molar-refractivity contribution is 6.33. The molecule has 0 bridgehead atoms. The fourth-order valence-electron chi connectivity index (χ4n) is 2.60. The minimum Gasteiger partial charge on any atom is -0.472 e. The minimum absolute atomic E-state index is 0.0862.